The van der Waals surface area contributed by atoms with Gasteiger partial charge in [0.15, 0.2) is 0 Å². The largest absolute Gasteiger partial charge is 0.381 e. The number of hydrogen-bond donors (Lipinski definition) is 1. The van der Waals surface area contributed by atoms with Crippen molar-refractivity contribution < 1.29 is 0 Å². The van der Waals surface area contributed by atoms with E-state index in [1.165, 1.54) is 57.1 Å². The Morgan fingerprint density at radius 3 is 2.47 bits per heavy atom. The summed E-state index contributed by atoms with van der Waals surface area (Å²) in [5.41, 5.74) is 4.10. The highest BCUT2D eigenvalue weighted by Gasteiger charge is 2.21. The van der Waals surface area contributed by atoms with Crippen LogP contribution in [-0.4, -0.2) is 12.3 Å². The maximum absolute atomic E-state index is 4.65. The highest BCUT2D eigenvalue weighted by atomic mass is 15.0. The number of allylic oxidation sites excluding steroid dienone is 2. The molecule has 0 aromatic rings. The molecule has 0 aromatic carbocycles. The van der Waals surface area contributed by atoms with Crippen LogP contribution in [0.2, 0.25) is 0 Å². The first-order chi connectivity index (χ1) is 9.35. The molecule has 2 fully saturated rings. The van der Waals surface area contributed by atoms with Crippen LogP contribution in [0.25, 0.3) is 0 Å². The molecule has 0 amide bonds. The minimum Gasteiger partial charge on any atom is -0.381 e. The van der Waals surface area contributed by atoms with E-state index in [2.05, 4.69) is 30.2 Å². The third kappa shape index (κ3) is 3.95. The molecule has 2 aliphatic rings. The van der Waals surface area contributed by atoms with Gasteiger partial charge in [-0.3, -0.25) is 4.99 Å². The lowest BCUT2D eigenvalue weighted by molar-refractivity contribution is 0.394. The standard InChI is InChI=1S/C17H28N2/c1-3-13-18-16(4-2)17(14-9-8-10-14)19-15-11-6-5-7-12-15/h4,13,15,19H,3,5-12H2,1-2H3/b16-4-,18-13?. The van der Waals surface area contributed by atoms with Crippen LogP contribution in [0, 0.1) is 0 Å². The van der Waals surface area contributed by atoms with Gasteiger partial charge in [-0.1, -0.05) is 32.3 Å². The summed E-state index contributed by atoms with van der Waals surface area (Å²) in [5.74, 6) is 0. The Labute approximate surface area is 118 Å². The summed E-state index contributed by atoms with van der Waals surface area (Å²) in [5, 5.41) is 3.82. The lowest BCUT2D eigenvalue weighted by atomic mass is 9.88. The molecule has 0 heterocycles. The molecule has 0 bridgehead atoms. The van der Waals surface area contributed by atoms with E-state index in [-0.39, 0.29) is 0 Å². The molecule has 2 aliphatic carbocycles. The molecule has 19 heavy (non-hydrogen) atoms. The van der Waals surface area contributed by atoms with E-state index in [1.807, 2.05) is 6.21 Å². The van der Waals surface area contributed by atoms with E-state index in [4.69, 9.17) is 0 Å². The van der Waals surface area contributed by atoms with Gasteiger partial charge in [0, 0.05) is 12.3 Å². The summed E-state index contributed by atoms with van der Waals surface area (Å²) in [7, 11) is 0. The zero-order valence-corrected chi connectivity index (χ0v) is 12.5. The Kier molecular flexibility index (Phi) is 5.68. The first-order valence-corrected chi connectivity index (χ1v) is 8.03. The molecule has 0 saturated heterocycles. The molecule has 2 rings (SSSR count). The predicted molar refractivity (Wildman–Crippen MR) is 83.4 cm³/mol. The SMILES string of the molecule is C/C=C(\N=CCC)C(NC1CCCCC1)=C1CCC1. The summed E-state index contributed by atoms with van der Waals surface area (Å²) < 4.78 is 0. The van der Waals surface area contributed by atoms with Crippen LogP contribution in [0.15, 0.2) is 28.0 Å². The van der Waals surface area contributed by atoms with Gasteiger partial charge < -0.3 is 5.32 Å². The van der Waals surface area contributed by atoms with Gasteiger partial charge >= 0.3 is 0 Å². The van der Waals surface area contributed by atoms with E-state index in [1.54, 1.807) is 5.57 Å². The van der Waals surface area contributed by atoms with E-state index in [0.29, 0.717) is 6.04 Å². The molecule has 2 heteroatoms. The van der Waals surface area contributed by atoms with Crippen molar-refractivity contribution in [3.05, 3.63) is 23.0 Å². The predicted octanol–water partition coefficient (Wildman–Crippen LogP) is 4.73. The van der Waals surface area contributed by atoms with Crippen molar-refractivity contribution in [3.63, 3.8) is 0 Å². The van der Waals surface area contributed by atoms with Crippen LogP contribution in [0.3, 0.4) is 0 Å². The maximum atomic E-state index is 4.65. The molecule has 106 valence electrons. The van der Waals surface area contributed by atoms with Crippen molar-refractivity contribution in [1.29, 1.82) is 0 Å². The second kappa shape index (κ2) is 7.52. The van der Waals surface area contributed by atoms with Gasteiger partial charge in [0.2, 0.25) is 0 Å². The molecule has 2 saturated carbocycles. The van der Waals surface area contributed by atoms with Gasteiger partial charge in [-0.05, 0) is 51.0 Å². The van der Waals surface area contributed by atoms with Crippen LogP contribution >= 0.6 is 0 Å². The lowest BCUT2D eigenvalue weighted by Gasteiger charge is -2.30. The normalized spacial score (nSPS) is 21.6. The fourth-order valence-corrected chi connectivity index (χ4v) is 2.88. The fraction of sp³-hybridized carbons (Fsp3) is 0.706. The average Bonchev–Trinajstić information content (AvgIpc) is 2.38. The van der Waals surface area contributed by atoms with Crippen molar-refractivity contribution in [1.82, 2.24) is 5.32 Å². The molecule has 0 aliphatic heterocycles. The molecular weight excluding hydrogens is 232 g/mol. The Bertz CT molecular complexity index is 365. The number of hydrogen-bond acceptors (Lipinski definition) is 2. The first-order valence-electron chi connectivity index (χ1n) is 8.03. The van der Waals surface area contributed by atoms with Crippen molar-refractivity contribution in [3.8, 4) is 0 Å². The van der Waals surface area contributed by atoms with Gasteiger partial charge in [0.25, 0.3) is 0 Å². The fourth-order valence-electron chi connectivity index (χ4n) is 2.88. The van der Waals surface area contributed by atoms with Crippen molar-refractivity contribution >= 4 is 6.21 Å². The van der Waals surface area contributed by atoms with E-state index < -0.39 is 0 Å². The van der Waals surface area contributed by atoms with E-state index in [9.17, 15) is 0 Å². The molecule has 2 nitrogen and oxygen atoms in total. The molecule has 0 aromatic heterocycles. The molecule has 1 N–H and O–H groups in total. The van der Waals surface area contributed by atoms with Gasteiger partial charge in [-0.2, -0.15) is 0 Å². The number of nitrogens with one attached hydrogen (secondary N) is 1. The number of aliphatic imine (C=N–C) groups is 1. The van der Waals surface area contributed by atoms with Gasteiger partial charge in [-0.15, -0.1) is 0 Å². The average molecular weight is 260 g/mol. The van der Waals surface area contributed by atoms with Gasteiger partial charge in [-0.25, -0.2) is 0 Å². The van der Waals surface area contributed by atoms with Crippen LogP contribution in [0.4, 0.5) is 0 Å². The summed E-state index contributed by atoms with van der Waals surface area (Å²) in [6.45, 7) is 4.24. The zero-order valence-electron chi connectivity index (χ0n) is 12.5. The second-order valence-electron chi connectivity index (χ2n) is 5.71. The van der Waals surface area contributed by atoms with Crippen LogP contribution in [0.1, 0.15) is 71.6 Å². The summed E-state index contributed by atoms with van der Waals surface area (Å²) in [6, 6.07) is 0.670. The lowest BCUT2D eigenvalue weighted by Crippen LogP contribution is -2.32. The second-order valence-corrected chi connectivity index (χ2v) is 5.71. The first kappa shape index (κ1) is 14.4. The highest BCUT2D eigenvalue weighted by Crippen LogP contribution is 2.32. The smallest absolute Gasteiger partial charge is 0.0814 e. The monoisotopic (exact) mass is 260 g/mol. The Morgan fingerprint density at radius 2 is 1.95 bits per heavy atom. The van der Waals surface area contributed by atoms with Crippen molar-refractivity contribution in [2.45, 2.75) is 77.7 Å². The minimum absolute atomic E-state index is 0.670. The Hall–Kier alpha value is -1.05. The van der Waals surface area contributed by atoms with Crippen LogP contribution in [-0.2, 0) is 0 Å². The zero-order chi connectivity index (χ0) is 13.5. The summed E-state index contributed by atoms with van der Waals surface area (Å²) >= 11 is 0. The minimum atomic E-state index is 0.670. The third-order valence-corrected chi connectivity index (χ3v) is 4.21. The van der Waals surface area contributed by atoms with E-state index in [0.717, 1.165) is 12.1 Å². The summed E-state index contributed by atoms with van der Waals surface area (Å²) in [6.07, 6.45) is 15.9. The molecule has 0 radical (unpaired) electrons. The Morgan fingerprint density at radius 1 is 1.21 bits per heavy atom. The molecule has 0 unspecified atom stereocenters. The van der Waals surface area contributed by atoms with Gasteiger partial charge in [0.1, 0.15) is 0 Å². The van der Waals surface area contributed by atoms with Crippen molar-refractivity contribution in [2.24, 2.45) is 4.99 Å². The van der Waals surface area contributed by atoms with Crippen molar-refractivity contribution in [2.75, 3.05) is 0 Å². The quantitative estimate of drug-likeness (QED) is 0.710. The third-order valence-electron chi connectivity index (χ3n) is 4.21. The summed E-state index contributed by atoms with van der Waals surface area (Å²) in [4.78, 5) is 4.65. The van der Waals surface area contributed by atoms with Crippen LogP contribution in [0.5, 0.6) is 0 Å². The number of rotatable bonds is 5. The molecule has 0 spiro atoms. The molecular formula is C17H28N2. The van der Waals surface area contributed by atoms with Crippen LogP contribution < -0.4 is 5.32 Å². The molecule has 0 atom stereocenters. The van der Waals surface area contributed by atoms with Gasteiger partial charge in [0.05, 0.1) is 11.4 Å². The van der Waals surface area contributed by atoms with E-state index >= 15 is 0 Å². The maximum Gasteiger partial charge on any atom is 0.0814 e. The number of nitrogens with zero attached hydrogens (tertiary/aromatic N) is 1. The topological polar surface area (TPSA) is 24.4 Å². The Balaban J connectivity index is 2.09. The highest BCUT2D eigenvalue weighted by molar-refractivity contribution is 5.60.